The molecule has 0 atom stereocenters. The van der Waals surface area contributed by atoms with Crippen LogP contribution >= 0.6 is 0 Å². The molecule has 0 saturated heterocycles. The lowest BCUT2D eigenvalue weighted by Gasteiger charge is -2.16. The summed E-state index contributed by atoms with van der Waals surface area (Å²) >= 11 is 0. The summed E-state index contributed by atoms with van der Waals surface area (Å²) in [7, 11) is 3.41. The molecule has 0 unspecified atom stereocenters. The zero-order chi connectivity index (χ0) is 25.7. The Kier molecular flexibility index (Phi) is 7.87. The zero-order valence-electron chi connectivity index (χ0n) is 20.5. The van der Waals surface area contributed by atoms with Crippen LogP contribution in [-0.2, 0) is 22.7 Å². The first-order chi connectivity index (χ1) is 17.4. The largest absolute Gasteiger partial charge is 0.481 e. The average Bonchev–Trinajstić information content (AvgIpc) is 3.35. The number of ether oxygens (including phenoxy) is 1. The quantitative estimate of drug-likeness (QED) is 0.311. The molecule has 1 aromatic heterocycles. The van der Waals surface area contributed by atoms with Crippen molar-refractivity contribution < 1.29 is 23.6 Å². The summed E-state index contributed by atoms with van der Waals surface area (Å²) in [5, 5.41) is 12.9. The molecule has 36 heavy (non-hydrogen) atoms. The summed E-state index contributed by atoms with van der Waals surface area (Å²) in [4.78, 5) is 17.0. The van der Waals surface area contributed by atoms with Gasteiger partial charge in [-0.15, -0.1) is 0 Å². The minimum Gasteiger partial charge on any atom is -0.481 e. The summed E-state index contributed by atoms with van der Waals surface area (Å²) in [6.07, 6.45) is -0.000130. The van der Waals surface area contributed by atoms with Gasteiger partial charge in [-0.05, 0) is 54.4 Å². The fraction of sp³-hybridized carbons (Fsp3) is 0.250. The van der Waals surface area contributed by atoms with Crippen LogP contribution < -0.4 is 0 Å². The number of benzene rings is 3. The predicted molar refractivity (Wildman–Crippen MR) is 135 cm³/mol. The molecule has 0 spiro atoms. The van der Waals surface area contributed by atoms with Gasteiger partial charge in [0.2, 0.25) is 5.82 Å². The second-order valence-electron chi connectivity index (χ2n) is 8.73. The Balaban J connectivity index is 1.56. The molecule has 1 N–H and O–H groups in total. The van der Waals surface area contributed by atoms with Crippen LogP contribution in [0, 0.1) is 12.7 Å². The summed E-state index contributed by atoms with van der Waals surface area (Å²) in [6, 6.07) is 18.8. The van der Waals surface area contributed by atoms with Crippen molar-refractivity contribution in [1.82, 2.24) is 15.0 Å². The minimum absolute atomic E-state index is 0.000130. The molecule has 4 aromatic rings. The van der Waals surface area contributed by atoms with E-state index in [4.69, 9.17) is 14.4 Å². The first-order valence-electron chi connectivity index (χ1n) is 11.6. The summed E-state index contributed by atoms with van der Waals surface area (Å²) in [5.74, 6) is -0.682. The molecule has 7 nitrogen and oxygen atoms in total. The van der Waals surface area contributed by atoms with Crippen molar-refractivity contribution in [2.75, 3.05) is 20.7 Å². The van der Waals surface area contributed by atoms with Crippen molar-refractivity contribution in [3.63, 3.8) is 0 Å². The van der Waals surface area contributed by atoms with E-state index in [1.165, 1.54) is 11.6 Å². The molecule has 0 saturated carbocycles. The average molecular weight is 490 g/mol. The molecule has 0 radical (unpaired) electrons. The van der Waals surface area contributed by atoms with Gasteiger partial charge in [-0.25, -0.2) is 4.39 Å². The molecule has 3 aromatic carbocycles. The number of methoxy groups -OCH3 is 1. The van der Waals surface area contributed by atoms with E-state index >= 15 is 0 Å². The lowest BCUT2D eigenvalue weighted by molar-refractivity contribution is -0.137. The fourth-order valence-electron chi connectivity index (χ4n) is 4.07. The van der Waals surface area contributed by atoms with Gasteiger partial charge < -0.3 is 19.3 Å². The molecule has 0 bridgehead atoms. The highest BCUT2D eigenvalue weighted by molar-refractivity contribution is 5.74. The van der Waals surface area contributed by atoms with Gasteiger partial charge in [0.15, 0.2) is 0 Å². The van der Waals surface area contributed by atoms with Crippen LogP contribution in [0.2, 0.25) is 0 Å². The molecular formula is C28H28FN3O4. The van der Waals surface area contributed by atoms with Crippen molar-refractivity contribution in [3.05, 3.63) is 83.2 Å². The molecule has 4 rings (SSSR count). The van der Waals surface area contributed by atoms with Gasteiger partial charge in [0.05, 0.1) is 13.0 Å². The number of carboxylic acids is 1. The van der Waals surface area contributed by atoms with Crippen molar-refractivity contribution in [1.29, 1.82) is 0 Å². The lowest BCUT2D eigenvalue weighted by Crippen LogP contribution is -2.21. The Labute approximate surface area is 209 Å². The summed E-state index contributed by atoms with van der Waals surface area (Å²) < 4.78 is 25.7. The van der Waals surface area contributed by atoms with Gasteiger partial charge >= 0.3 is 5.97 Å². The van der Waals surface area contributed by atoms with Gasteiger partial charge in [0.25, 0.3) is 5.89 Å². The number of halogens is 1. The number of aromatic nitrogens is 2. The number of nitrogens with zero attached hydrogens (tertiary/aromatic N) is 3. The van der Waals surface area contributed by atoms with Crippen molar-refractivity contribution in [2.45, 2.75) is 26.5 Å². The second-order valence-corrected chi connectivity index (χ2v) is 8.73. The normalized spacial score (nSPS) is 11.2. The molecule has 186 valence electrons. The topological polar surface area (TPSA) is 88.7 Å². The van der Waals surface area contributed by atoms with Crippen LogP contribution in [0.25, 0.3) is 34.0 Å². The summed E-state index contributed by atoms with van der Waals surface area (Å²) in [6.45, 7) is 3.12. The van der Waals surface area contributed by atoms with Crippen molar-refractivity contribution in [3.8, 4) is 34.0 Å². The van der Waals surface area contributed by atoms with Gasteiger partial charge in [-0.3, -0.25) is 4.79 Å². The molecule has 0 aliphatic rings. The Morgan fingerprint density at radius 1 is 1.06 bits per heavy atom. The van der Waals surface area contributed by atoms with Gasteiger partial charge in [-0.2, -0.15) is 4.98 Å². The number of hydrogen-bond donors (Lipinski definition) is 1. The van der Waals surface area contributed by atoms with E-state index < -0.39 is 11.8 Å². The maximum atomic E-state index is 14.8. The van der Waals surface area contributed by atoms with E-state index in [9.17, 15) is 9.18 Å². The third kappa shape index (κ3) is 5.84. The van der Waals surface area contributed by atoms with Gasteiger partial charge in [-0.1, -0.05) is 47.6 Å². The van der Waals surface area contributed by atoms with Crippen molar-refractivity contribution >= 4 is 5.97 Å². The van der Waals surface area contributed by atoms with E-state index in [0.717, 1.165) is 22.3 Å². The monoisotopic (exact) mass is 489 g/mol. The maximum Gasteiger partial charge on any atom is 0.304 e. The molecule has 8 heteroatoms. The number of aliphatic carboxylic acids is 1. The zero-order valence-corrected chi connectivity index (χ0v) is 20.5. The molecule has 0 amide bonds. The van der Waals surface area contributed by atoms with Crippen LogP contribution in [0.5, 0.6) is 0 Å². The molecular weight excluding hydrogens is 461 g/mol. The van der Waals surface area contributed by atoms with E-state index in [-0.39, 0.29) is 12.2 Å². The van der Waals surface area contributed by atoms with Crippen LogP contribution in [0.1, 0.15) is 23.1 Å². The predicted octanol–water partition coefficient (Wildman–Crippen LogP) is 5.57. The Morgan fingerprint density at radius 2 is 1.83 bits per heavy atom. The van der Waals surface area contributed by atoms with Crippen molar-refractivity contribution in [2.24, 2.45) is 0 Å². The fourth-order valence-corrected chi connectivity index (χ4v) is 4.07. The standard InChI is InChI=1S/C28H28FN3O4/c1-18-6-4-5-7-23(18)24-11-10-20(14-22(24)17-35-3)28-30-27(31-36-28)19-8-9-21(25(29)15-19)16-32(2)13-12-26(33)34/h4-11,14-15H,12-13,16-17H2,1-3H3,(H,33,34). The summed E-state index contributed by atoms with van der Waals surface area (Å²) in [5.41, 5.74) is 6.07. The van der Waals surface area contributed by atoms with E-state index in [2.05, 4.69) is 29.2 Å². The number of aryl methyl sites for hydroxylation is 1. The third-order valence-electron chi connectivity index (χ3n) is 5.97. The Morgan fingerprint density at radius 3 is 2.56 bits per heavy atom. The maximum absolute atomic E-state index is 14.8. The number of carboxylic acid groups (broad SMARTS) is 1. The molecule has 1 heterocycles. The molecule has 0 aliphatic carbocycles. The van der Waals surface area contributed by atoms with Gasteiger partial charge in [0, 0.05) is 36.9 Å². The SMILES string of the molecule is COCc1cc(-c2nc(-c3ccc(CN(C)CCC(=O)O)c(F)c3)no2)ccc1-c1ccccc1C. The molecule has 0 fully saturated rings. The first kappa shape index (κ1) is 25.2. The first-order valence-corrected chi connectivity index (χ1v) is 11.6. The van der Waals surface area contributed by atoms with Gasteiger partial charge in [0.1, 0.15) is 5.82 Å². The smallest absolute Gasteiger partial charge is 0.304 e. The third-order valence-corrected chi connectivity index (χ3v) is 5.97. The Hall–Kier alpha value is -3.88. The van der Waals surface area contributed by atoms with E-state index in [0.29, 0.717) is 36.7 Å². The second kappa shape index (κ2) is 11.2. The van der Waals surface area contributed by atoms with Crippen LogP contribution in [0.4, 0.5) is 4.39 Å². The highest BCUT2D eigenvalue weighted by Gasteiger charge is 2.16. The van der Waals surface area contributed by atoms with Crippen LogP contribution in [-0.4, -0.2) is 46.8 Å². The van der Waals surface area contributed by atoms with E-state index in [1.54, 1.807) is 31.2 Å². The minimum atomic E-state index is -0.884. The van der Waals surface area contributed by atoms with E-state index in [1.807, 2.05) is 30.3 Å². The lowest BCUT2D eigenvalue weighted by atomic mass is 9.94. The van der Waals surface area contributed by atoms with Crippen LogP contribution in [0.15, 0.2) is 65.2 Å². The number of rotatable bonds is 10. The highest BCUT2D eigenvalue weighted by Crippen LogP contribution is 2.32. The Bertz CT molecular complexity index is 1370. The number of hydrogen-bond acceptors (Lipinski definition) is 6. The van der Waals surface area contributed by atoms with Crippen LogP contribution in [0.3, 0.4) is 0 Å². The highest BCUT2D eigenvalue weighted by atomic mass is 19.1. The molecule has 0 aliphatic heterocycles. The number of carbonyl (C=O) groups is 1.